The molecule has 0 spiro atoms. The summed E-state index contributed by atoms with van der Waals surface area (Å²) in [5.74, 6) is 0.372. The summed E-state index contributed by atoms with van der Waals surface area (Å²) in [5.41, 5.74) is 0. The Morgan fingerprint density at radius 3 is 1.92 bits per heavy atom. The smallest absolute Gasteiger partial charge is 0.173 e. The summed E-state index contributed by atoms with van der Waals surface area (Å²) in [7, 11) is 1.66. The molecule has 0 aromatic heterocycles. The first-order chi connectivity index (χ1) is 12.7. The molecule has 0 amide bonds. The summed E-state index contributed by atoms with van der Waals surface area (Å²) < 4.78 is 32.2. The topological polar surface area (TPSA) is 75.6 Å². The van der Waals surface area contributed by atoms with Crippen LogP contribution in [0.4, 0.5) is 0 Å². The van der Waals surface area contributed by atoms with Gasteiger partial charge in [-0.05, 0) is 12.5 Å². The van der Waals surface area contributed by atoms with Crippen LogP contribution in [0.3, 0.4) is 0 Å². The lowest BCUT2D eigenvalue weighted by atomic mass is 10.1. The number of methoxy groups -OCH3 is 1. The van der Waals surface area contributed by atoms with Gasteiger partial charge in [0.05, 0.1) is 65.6 Å². The van der Waals surface area contributed by atoms with E-state index in [0.717, 1.165) is 6.42 Å². The minimum absolute atomic E-state index is 0.206. The molecule has 0 aromatic rings. The molecule has 26 heavy (non-hydrogen) atoms. The predicted octanol–water partition coefficient (Wildman–Crippen LogP) is 1.80. The van der Waals surface area contributed by atoms with Crippen molar-refractivity contribution in [2.75, 3.05) is 66.6 Å². The predicted molar refractivity (Wildman–Crippen MR) is 100 cm³/mol. The molecular formula is C19H36O7. The largest absolute Gasteiger partial charge is 0.382 e. The van der Waals surface area contributed by atoms with E-state index < -0.39 is 6.29 Å². The second-order valence-corrected chi connectivity index (χ2v) is 5.63. The zero-order valence-corrected chi connectivity index (χ0v) is 16.3. The van der Waals surface area contributed by atoms with Crippen LogP contribution in [0.25, 0.3) is 0 Å². The van der Waals surface area contributed by atoms with Gasteiger partial charge in [0.2, 0.25) is 0 Å². The minimum Gasteiger partial charge on any atom is -0.382 e. The van der Waals surface area contributed by atoms with Gasteiger partial charge < -0.3 is 33.5 Å². The Morgan fingerprint density at radius 2 is 1.38 bits per heavy atom. The van der Waals surface area contributed by atoms with Gasteiger partial charge in [-0.3, -0.25) is 0 Å². The Morgan fingerprint density at radius 1 is 0.808 bits per heavy atom. The van der Waals surface area contributed by atoms with E-state index >= 15 is 0 Å². The van der Waals surface area contributed by atoms with Crippen LogP contribution < -0.4 is 0 Å². The maximum Gasteiger partial charge on any atom is 0.173 e. The van der Waals surface area contributed by atoms with Crippen LogP contribution in [0.1, 0.15) is 13.3 Å². The van der Waals surface area contributed by atoms with Crippen LogP contribution in [0.15, 0.2) is 25.3 Å². The number of aliphatic hydroxyl groups excluding tert-OH is 1. The maximum atomic E-state index is 9.14. The van der Waals surface area contributed by atoms with Crippen molar-refractivity contribution in [1.29, 1.82) is 0 Å². The van der Waals surface area contributed by atoms with Gasteiger partial charge in [0.15, 0.2) is 6.29 Å². The van der Waals surface area contributed by atoms with Gasteiger partial charge in [-0.25, -0.2) is 0 Å². The molecule has 0 aliphatic carbocycles. The monoisotopic (exact) mass is 376 g/mol. The molecule has 0 aliphatic rings. The number of aliphatic hydroxyl groups is 1. The van der Waals surface area contributed by atoms with Gasteiger partial charge in [0.25, 0.3) is 0 Å². The summed E-state index contributed by atoms with van der Waals surface area (Å²) in [4.78, 5) is 0. The lowest BCUT2D eigenvalue weighted by Crippen LogP contribution is -2.23. The molecule has 0 rings (SSSR count). The SMILES string of the molecule is C=CC(O)OCCOCC(C=C)OCCOCC(CC)COCCOC. The quantitative estimate of drug-likeness (QED) is 0.197. The van der Waals surface area contributed by atoms with E-state index in [1.54, 1.807) is 13.2 Å². The van der Waals surface area contributed by atoms with Crippen LogP contribution in [0, 0.1) is 5.92 Å². The second kappa shape index (κ2) is 19.0. The van der Waals surface area contributed by atoms with Gasteiger partial charge in [0.1, 0.15) is 0 Å². The van der Waals surface area contributed by atoms with Crippen LogP contribution in [-0.2, 0) is 28.4 Å². The van der Waals surface area contributed by atoms with E-state index in [2.05, 4.69) is 20.1 Å². The zero-order valence-electron chi connectivity index (χ0n) is 16.3. The molecular weight excluding hydrogens is 340 g/mol. The van der Waals surface area contributed by atoms with Crippen molar-refractivity contribution in [3.05, 3.63) is 25.3 Å². The molecule has 0 aliphatic heterocycles. The van der Waals surface area contributed by atoms with Crippen LogP contribution in [0.5, 0.6) is 0 Å². The molecule has 0 radical (unpaired) electrons. The molecule has 0 heterocycles. The highest BCUT2D eigenvalue weighted by Crippen LogP contribution is 2.04. The molecule has 7 heteroatoms. The zero-order chi connectivity index (χ0) is 19.5. The van der Waals surface area contributed by atoms with Crippen molar-refractivity contribution in [2.45, 2.75) is 25.7 Å². The average Bonchev–Trinajstić information content (AvgIpc) is 2.67. The Hall–Kier alpha value is -0.800. The number of hydrogen-bond donors (Lipinski definition) is 1. The standard InChI is InChI=1S/C19H36O7/c1-5-17(14-22-9-8-21-4)15-23-10-12-25-18(6-2)16-24-11-13-26-19(20)7-3/h6-7,17-20H,2-3,5,8-16H2,1,4H3. The number of rotatable bonds is 20. The lowest BCUT2D eigenvalue weighted by Gasteiger charge is -2.17. The van der Waals surface area contributed by atoms with E-state index in [9.17, 15) is 0 Å². The van der Waals surface area contributed by atoms with Gasteiger partial charge >= 0.3 is 0 Å². The Kier molecular flexibility index (Phi) is 18.4. The van der Waals surface area contributed by atoms with Crippen molar-refractivity contribution < 1.29 is 33.5 Å². The fourth-order valence-corrected chi connectivity index (χ4v) is 1.86. The summed E-state index contributed by atoms with van der Waals surface area (Å²) in [5, 5.41) is 9.14. The van der Waals surface area contributed by atoms with Gasteiger partial charge in [0, 0.05) is 13.0 Å². The third-order valence-electron chi connectivity index (χ3n) is 3.54. The highest BCUT2D eigenvalue weighted by Gasteiger charge is 2.08. The molecule has 0 fully saturated rings. The van der Waals surface area contributed by atoms with E-state index in [0.29, 0.717) is 58.8 Å². The molecule has 0 saturated heterocycles. The molecule has 3 unspecified atom stereocenters. The minimum atomic E-state index is -0.959. The maximum absolute atomic E-state index is 9.14. The van der Waals surface area contributed by atoms with E-state index in [1.165, 1.54) is 6.08 Å². The summed E-state index contributed by atoms with van der Waals surface area (Å²) in [6.07, 6.45) is 2.84. The highest BCUT2D eigenvalue weighted by atomic mass is 16.6. The lowest BCUT2D eigenvalue weighted by molar-refractivity contribution is -0.0885. The first kappa shape index (κ1) is 25.2. The van der Waals surface area contributed by atoms with E-state index in [4.69, 9.17) is 33.5 Å². The highest BCUT2D eigenvalue weighted by molar-refractivity contribution is 4.79. The summed E-state index contributed by atoms with van der Waals surface area (Å²) in [6.45, 7) is 13.8. The molecule has 0 aromatic carbocycles. The third-order valence-corrected chi connectivity index (χ3v) is 3.54. The Bertz CT molecular complexity index is 325. The molecule has 154 valence electrons. The fraction of sp³-hybridized carbons (Fsp3) is 0.789. The first-order valence-corrected chi connectivity index (χ1v) is 9.06. The second-order valence-electron chi connectivity index (χ2n) is 5.63. The molecule has 3 atom stereocenters. The third kappa shape index (κ3) is 15.5. The fourth-order valence-electron chi connectivity index (χ4n) is 1.86. The van der Waals surface area contributed by atoms with Crippen LogP contribution in [-0.4, -0.2) is 84.1 Å². The molecule has 0 bridgehead atoms. The van der Waals surface area contributed by atoms with E-state index in [-0.39, 0.29) is 12.7 Å². The Balaban J connectivity index is 3.62. The van der Waals surface area contributed by atoms with Gasteiger partial charge in [-0.2, -0.15) is 0 Å². The number of ether oxygens (including phenoxy) is 6. The van der Waals surface area contributed by atoms with Crippen molar-refractivity contribution in [3.8, 4) is 0 Å². The van der Waals surface area contributed by atoms with Crippen molar-refractivity contribution in [1.82, 2.24) is 0 Å². The normalized spacial score (nSPS) is 14.7. The Labute approximate surface area is 157 Å². The van der Waals surface area contributed by atoms with Crippen LogP contribution >= 0.6 is 0 Å². The molecule has 0 saturated carbocycles. The first-order valence-electron chi connectivity index (χ1n) is 9.06. The van der Waals surface area contributed by atoms with E-state index in [1.807, 2.05) is 0 Å². The van der Waals surface area contributed by atoms with Crippen molar-refractivity contribution in [2.24, 2.45) is 5.92 Å². The van der Waals surface area contributed by atoms with Crippen molar-refractivity contribution >= 4 is 0 Å². The summed E-state index contributed by atoms with van der Waals surface area (Å²) >= 11 is 0. The summed E-state index contributed by atoms with van der Waals surface area (Å²) in [6, 6.07) is 0. The number of hydrogen-bond acceptors (Lipinski definition) is 7. The van der Waals surface area contributed by atoms with Gasteiger partial charge in [-0.15, -0.1) is 6.58 Å². The average molecular weight is 376 g/mol. The molecule has 7 nitrogen and oxygen atoms in total. The molecule has 1 N–H and O–H groups in total. The van der Waals surface area contributed by atoms with Gasteiger partial charge in [-0.1, -0.05) is 19.6 Å². The van der Waals surface area contributed by atoms with Crippen molar-refractivity contribution in [3.63, 3.8) is 0 Å². The van der Waals surface area contributed by atoms with Crippen LogP contribution in [0.2, 0.25) is 0 Å².